The number of rotatable bonds is 10. The maximum Gasteiger partial charge on any atom is 0.407 e. The molecule has 0 aromatic carbocycles. The molecule has 0 heterocycles. The first-order valence-corrected chi connectivity index (χ1v) is 6.29. The number of ether oxygens (including phenoxy) is 1. The van der Waals surface area contributed by atoms with E-state index in [0.717, 1.165) is 32.1 Å². The van der Waals surface area contributed by atoms with Crippen molar-refractivity contribution in [2.45, 2.75) is 51.9 Å². The number of nitrogens with one attached hydrogen (secondary N) is 1. The molecule has 5 nitrogen and oxygen atoms in total. The van der Waals surface area contributed by atoms with Gasteiger partial charge in [0.2, 0.25) is 0 Å². The summed E-state index contributed by atoms with van der Waals surface area (Å²) in [5.74, 6) is -0.748. The summed E-state index contributed by atoms with van der Waals surface area (Å²) in [6.07, 6.45) is 5.16. The van der Waals surface area contributed by atoms with Crippen LogP contribution >= 0.6 is 0 Å². The van der Waals surface area contributed by atoms with Crippen LogP contribution in [-0.4, -0.2) is 30.3 Å². The second-order valence-corrected chi connectivity index (χ2v) is 3.97. The molecule has 0 atom stereocenters. The van der Waals surface area contributed by atoms with Crippen molar-refractivity contribution in [1.82, 2.24) is 5.32 Å². The Balaban J connectivity index is 3.16. The first-order valence-electron chi connectivity index (χ1n) is 6.29. The van der Waals surface area contributed by atoms with Crippen LogP contribution in [0.5, 0.6) is 0 Å². The minimum absolute atomic E-state index is 0.229. The normalized spacial score (nSPS) is 9.94. The van der Waals surface area contributed by atoms with Gasteiger partial charge in [0.05, 0.1) is 6.61 Å². The van der Waals surface area contributed by atoms with E-state index < -0.39 is 5.97 Å². The maximum absolute atomic E-state index is 11.1. The quantitative estimate of drug-likeness (QED) is 0.580. The van der Waals surface area contributed by atoms with Gasteiger partial charge in [-0.15, -0.1) is 0 Å². The molecular weight excluding hydrogens is 222 g/mol. The molecule has 0 bridgehead atoms. The van der Waals surface area contributed by atoms with Crippen LogP contribution in [0.4, 0.5) is 4.79 Å². The van der Waals surface area contributed by atoms with E-state index in [0.29, 0.717) is 19.6 Å². The molecule has 0 fully saturated rings. The number of hydrogen-bond donors (Lipinski definition) is 2. The maximum atomic E-state index is 11.1. The van der Waals surface area contributed by atoms with Crippen molar-refractivity contribution in [3.8, 4) is 0 Å². The molecule has 0 radical (unpaired) electrons. The highest BCUT2D eigenvalue weighted by Gasteiger charge is 2.00. The van der Waals surface area contributed by atoms with Crippen molar-refractivity contribution in [1.29, 1.82) is 0 Å². The minimum atomic E-state index is -0.748. The molecule has 0 aromatic rings. The standard InChI is InChI=1S/C12H23NO4/c1-2-3-10-17-12(16)13-9-7-5-4-6-8-11(14)15/h2-10H2,1H3,(H,13,16)(H,14,15). The van der Waals surface area contributed by atoms with Gasteiger partial charge in [0.15, 0.2) is 0 Å². The van der Waals surface area contributed by atoms with E-state index in [1.165, 1.54) is 0 Å². The Morgan fingerprint density at radius 3 is 2.47 bits per heavy atom. The molecule has 0 spiro atoms. The average molecular weight is 245 g/mol. The zero-order chi connectivity index (χ0) is 12.9. The smallest absolute Gasteiger partial charge is 0.407 e. The van der Waals surface area contributed by atoms with Crippen LogP contribution in [0, 0.1) is 0 Å². The molecular formula is C12H23NO4. The fourth-order valence-corrected chi connectivity index (χ4v) is 1.31. The van der Waals surface area contributed by atoms with Crippen molar-refractivity contribution in [2.75, 3.05) is 13.2 Å². The molecule has 0 aromatic heterocycles. The van der Waals surface area contributed by atoms with Crippen molar-refractivity contribution in [3.63, 3.8) is 0 Å². The highest BCUT2D eigenvalue weighted by Crippen LogP contribution is 2.02. The topological polar surface area (TPSA) is 75.6 Å². The van der Waals surface area contributed by atoms with Crippen molar-refractivity contribution < 1.29 is 19.4 Å². The van der Waals surface area contributed by atoms with Gasteiger partial charge >= 0.3 is 12.1 Å². The van der Waals surface area contributed by atoms with E-state index in [1.54, 1.807) is 0 Å². The number of alkyl carbamates (subject to hydrolysis) is 1. The van der Waals surface area contributed by atoms with Crippen LogP contribution in [0.3, 0.4) is 0 Å². The van der Waals surface area contributed by atoms with Crippen LogP contribution in [-0.2, 0) is 9.53 Å². The third-order valence-corrected chi connectivity index (χ3v) is 2.32. The van der Waals surface area contributed by atoms with Gasteiger partial charge in [0, 0.05) is 13.0 Å². The lowest BCUT2D eigenvalue weighted by Gasteiger charge is -2.06. The first-order chi connectivity index (χ1) is 8.16. The molecule has 5 heteroatoms. The summed E-state index contributed by atoms with van der Waals surface area (Å²) in [5.41, 5.74) is 0. The summed E-state index contributed by atoms with van der Waals surface area (Å²) in [5, 5.41) is 11.1. The van der Waals surface area contributed by atoms with E-state index in [4.69, 9.17) is 9.84 Å². The first kappa shape index (κ1) is 15.7. The van der Waals surface area contributed by atoms with E-state index in [1.807, 2.05) is 6.92 Å². The number of carboxylic acid groups (broad SMARTS) is 1. The molecule has 1 amide bonds. The lowest BCUT2D eigenvalue weighted by Crippen LogP contribution is -2.25. The monoisotopic (exact) mass is 245 g/mol. The minimum Gasteiger partial charge on any atom is -0.481 e. The van der Waals surface area contributed by atoms with Crippen molar-refractivity contribution in [2.24, 2.45) is 0 Å². The fraction of sp³-hybridized carbons (Fsp3) is 0.833. The Morgan fingerprint density at radius 2 is 1.82 bits per heavy atom. The lowest BCUT2D eigenvalue weighted by molar-refractivity contribution is -0.137. The summed E-state index contributed by atoms with van der Waals surface area (Å²) in [6, 6.07) is 0. The summed E-state index contributed by atoms with van der Waals surface area (Å²) in [4.78, 5) is 21.3. The Kier molecular flexibility index (Phi) is 10.4. The number of carbonyl (C=O) groups is 2. The lowest BCUT2D eigenvalue weighted by atomic mass is 10.1. The summed E-state index contributed by atoms with van der Waals surface area (Å²) >= 11 is 0. The SMILES string of the molecule is CCCCOC(=O)NCCCCCCC(=O)O. The van der Waals surface area contributed by atoms with Crippen molar-refractivity contribution in [3.05, 3.63) is 0 Å². The molecule has 0 aliphatic carbocycles. The van der Waals surface area contributed by atoms with Crippen LogP contribution in [0.2, 0.25) is 0 Å². The third kappa shape index (κ3) is 12.7. The zero-order valence-corrected chi connectivity index (χ0v) is 10.5. The third-order valence-electron chi connectivity index (χ3n) is 2.32. The van der Waals surface area contributed by atoms with Gasteiger partial charge in [0.25, 0.3) is 0 Å². The fourth-order valence-electron chi connectivity index (χ4n) is 1.31. The molecule has 0 saturated heterocycles. The van der Waals surface area contributed by atoms with Gasteiger partial charge in [-0.1, -0.05) is 26.2 Å². The van der Waals surface area contributed by atoms with Gasteiger partial charge < -0.3 is 15.2 Å². The van der Waals surface area contributed by atoms with Crippen LogP contribution in [0.15, 0.2) is 0 Å². The molecule has 0 rings (SSSR count). The molecule has 17 heavy (non-hydrogen) atoms. The second-order valence-electron chi connectivity index (χ2n) is 3.97. The number of carboxylic acids is 1. The Labute approximate surface area is 103 Å². The predicted octanol–water partition coefficient (Wildman–Crippen LogP) is 2.55. The largest absolute Gasteiger partial charge is 0.481 e. The Hall–Kier alpha value is -1.26. The number of amides is 1. The van der Waals surface area contributed by atoms with Gasteiger partial charge in [-0.25, -0.2) is 4.79 Å². The zero-order valence-electron chi connectivity index (χ0n) is 10.5. The van der Waals surface area contributed by atoms with E-state index in [2.05, 4.69) is 5.32 Å². The summed E-state index contributed by atoms with van der Waals surface area (Å²) < 4.78 is 4.91. The van der Waals surface area contributed by atoms with Crippen molar-refractivity contribution >= 4 is 12.1 Å². The van der Waals surface area contributed by atoms with E-state index in [-0.39, 0.29) is 12.5 Å². The summed E-state index contributed by atoms with van der Waals surface area (Å²) in [6.45, 7) is 3.11. The molecule has 100 valence electrons. The average Bonchev–Trinajstić information content (AvgIpc) is 2.28. The van der Waals surface area contributed by atoms with Gasteiger partial charge in [0.1, 0.15) is 0 Å². The van der Waals surface area contributed by atoms with Gasteiger partial charge in [-0.3, -0.25) is 4.79 Å². The second kappa shape index (κ2) is 11.2. The van der Waals surface area contributed by atoms with E-state index >= 15 is 0 Å². The van der Waals surface area contributed by atoms with Gasteiger partial charge in [-0.05, 0) is 19.3 Å². The highest BCUT2D eigenvalue weighted by atomic mass is 16.5. The molecule has 0 unspecified atom stereocenters. The molecule has 2 N–H and O–H groups in total. The Bertz CT molecular complexity index is 219. The number of carbonyl (C=O) groups excluding carboxylic acids is 1. The number of aliphatic carboxylic acids is 1. The molecule has 0 aliphatic rings. The molecule has 0 aliphatic heterocycles. The number of unbranched alkanes of at least 4 members (excludes halogenated alkanes) is 4. The Morgan fingerprint density at radius 1 is 1.12 bits per heavy atom. The van der Waals surface area contributed by atoms with Crippen LogP contribution in [0.25, 0.3) is 0 Å². The van der Waals surface area contributed by atoms with E-state index in [9.17, 15) is 9.59 Å². The van der Waals surface area contributed by atoms with Crippen LogP contribution in [0.1, 0.15) is 51.9 Å². The van der Waals surface area contributed by atoms with Crippen LogP contribution < -0.4 is 5.32 Å². The highest BCUT2D eigenvalue weighted by molar-refractivity contribution is 5.67. The summed E-state index contributed by atoms with van der Waals surface area (Å²) in [7, 11) is 0. The predicted molar refractivity (Wildman–Crippen MR) is 65.0 cm³/mol. The van der Waals surface area contributed by atoms with Gasteiger partial charge in [-0.2, -0.15) is 0 Å². The number of hydrogen-bond acceptors (Lipinski definition) is 3. The molecule has 0 saturated carbocycles.